The third-order valence-electron chi connectivity index (χ3n) is 4.08. The number of halogens is 3. The Morgan fingerprint density at radius 2 is 2.15 bits per heavy atom. The zero-order valence-corrected chi connectivity index (χ0v) is 17.5. The van der Waals surface area contributed by atoms with Crippen LogP contribution in [0.3, 0.4) is 0 Å². The van der Waals surface area contributed by atoms with Crippen molar-refractivity contribution < 1.29 is 18.3 Å². The molecule has 0 aromatic heterocycles. The van der Waals surface area contributed by atoms with E-state index >= 15 is 0 Å². The summed E-state index contributed by atoms with van der Waals surface area (Å²) in [6.45, 7) is 6.03. The van der Waals surface area contributed by atoms with E-state index in [4.69, 9.17) is 4.74 Å². The van der Waals surface area contributed by atoms with Crippen molar-refractivity contribution in [2.75, 3.05) is 26.2 Å². The Morgan fingerprint density at radius 1 is 1.38 bits per heavy atom. The summed E-state index contributed by atoms with van der Waals surface area (Å²) in [5, 5.41) is 3.16. The largest absolute Gasteiger partial charge is 0.466 e. The zero-order valence-electron chi connectivity index (χ0n) is 15.1. The third kappa shape index (κ3) is 6.37. The number of piperidine rings is 1. The number of hydrogen-bond donors (Lipinski definition) is 1. The van der Waals surface area contributed by atoms with Gasteiger partial charge in [-0.05, 0) is 44.9 Å². The number of benzene rings is 1. The van der Waals surface area contributed by atoms with Crippen LogP contribution in [-0.2, 0) is 16.1 Å². The van der Waals surface area contributed by atoms with Crippen LogP contribution in [-0.4, -0.2) is 43.1 Å². The average Bonchev–Trinajstić information content (AvgIpc) is 2.61. The van der Waals surface area contributed by atoms with E-state index in [2.05, 4.69) is 10.3 Å². The maximum Gasteiger partial charge on any atom is 0.310 e. The summed E-state index contributed by atoms with van der Waals surface area (Å²) >= 11 is 0. The second-order valence-corrected chi connectivity index (χ2v) is 5.94. The molecular weight excluding hydrogens is 455 g/mol. The molecule has 0 saturated carbocycles. The Morgan fingerprint density at radius 3 is 2.85 bits per heavy atom. The Labute approximate surface area is 170 Å². The molecule has 1 aliphatic heterocycles. The summed E-state index contributed by atoms with van der Waals surface area (Å²) in [7, 11) is 0. The predicted octanol–water partition coefficient (Wildman–Crippen LogP) is 3.32. The smallest absolute Gasteiger partial charge is 0.310 e. The lowest BCUT2D eigenvalue weighted by Gasteiger charge is -2.34. The highest BCUT2D eigenvalue weighted by molar-refractivity contribution is 14.0. The molecule has 5 nitrogen and oxygen atoms in total. The van der Waals surface area contributed by atoms with Crippen molar-refractivity contribution in [3.63, 3.8) is 0 Å². The van der Waals surface area contributed by atoms with Gasteiger partial charge in [-0.2, -0.15) is 0 Å². The summed E-state index contributed by atoms with van der Waals surface area (Å²) in [4.78, 5) is 18.4. The highest BCUT2D eigenvalue weighted by atomic mass is 127. The number of likely N-dealkylation sites (tertiary alicyclic amines) is 1. The van der Waals surface area contributed by atoms with E-state index in [9.17, 15) is 13.6 Å². The van der Waals surface area contributed by atoms with Gasteiger partial charge < -0.3 is 15.0 Å². The van der Waals surface area contributed by atoms with Gasteiger partial charge in [-0.25, -0.2) is 13.8 Å². The van der Waals surface area contributed by atoms with Gasteiger partial charge in [0.25, 0.3) is 0 Å². The van der Waals surface area contributed by atoms with Crippen molar-refractivity contribution in [3.8, 4) is 0 Å². The van der Waals surface area contributed by atoms with E-state index in [0.29, 0.717) is 25.7 Å². The summed E-state index contributed by atoms with van der Waals surface area (Å²) in [6, 6.07) is 3.34. The topological polar surface area (TPSA) is 53.9 Å². The number of carbonyl (C=O) groups excluding carboxylic acids is 1. The van der Waals surface area contributed by atoms with Crippen molar-refractivity contribution in [2.45, 2.75) is 33.2 Å². The number of nitrogens with one attached hydrogen (secondary N) is 1. The molecular formula is C18H26F2IN3O2. The molecule has 146 valence electrons. The molecule has 1 aromatic carbocycles. The molecule has 2 rings (SSSR count). The monoisotopic (exact) mass is 481 g/mol. The molecule has 26 heavy (non-hydrogen) atoms. The fourth-order valence-corrected chi connectivity index (χ4v) is 2.87. The molecule has 0 bridgehead atoms. The number of guanidine groups is 1. The van der Waals surface area contributed by atoms with E-state index in [1.807, 2.05) is 11.8 Å². The van der Waals surface area contributed by atoms with Crippen molar-refractivity contribution in [3.05, 3.63) is 35.4 Å². The number of rotatable bonds is 5. The Bertz CT molecular complexity index is 628. The van der Waals surface area contributed by atoms with Gasteiger partial charge in [-0.3, -0.25) is 4.79 Å². The first-order valence-corrected chi connectivity index (χ1v) is 8.69. The van der Waals surface area contributed by atoms with Crippen LogP contribution in [0.1, 0.15) is 32.3 Å². The lowest BCUT2D eigenvalue weighted by Crippen LogP contribution is -2.48. The van der Waals surface area contributed by atoms with Crippen LogP contribution >= 0.6 is 24.0 Å². The third-order valence-corrected chi connectivity index (χ3v) is 4.08. The fraction of sp³-hybridized carbons (Fsp3) is 0.556. The van der Waals surface area contributed by atoms with Crippen molar-refractivity contribution in [1.82, 2.24) is 10.2 Å². The zero-order chi connectivity index (χ0) is 18.2. The molecule has 8 heteroatoms. The number of aliphatic imine (C=N–C) groups is 1. The number of esters is 1. The van der Waals surface area contributed by atoms with Crippen LogP contribution in [0.25, 0.3) is 0 Å². The number of nitrogens with zero attached hydrogens (tertiary/aromatic N) is 2. The van der Waals surface area contributed by atoms with Gasteiger partial charge in [0.05, 0.1) is 19.1 Å². The maximum absolute atomic E-state index is 13.8. The standard InChI is InChI=1S/C18H25F2N3O2.HI/c1-3-21-18(22-11-14-10-15(19)7-8-16(14)20)23-9-5-6-13(12-23)17(24)25-4-2;/h7-8,10,13H,3-6,9,11-12H2,1-2H3,(H,21,22);1H. The Kier molecular flexibility index (Phi) is 9.82. The average molecular weight is 481 g/mol. The molecule has 1 heterocycles. The highest BCUT2D eigenvalue weighted by Crippen LogP contribution is 2.18. The molecule has 1 fully saturated rings. The predicted molar refractivity (Wildman–Crippen MR) is 108 cm³/mol. The van der Waals surface area contributed by atoms with E-state index < -0.39 is 11.6 Å². The maximum atomic E-state index is 13.8. The minimum Gasteiger partial charge on any atom is -0.466 e. The Hall–Kier alpha value is -1.45. The van der Waals surface area contributed by atoms with Crippen LogP contribution in [0.5, 0.6) is 0 Å². The summed E-state index contributed by atoms with van der Waals surface area (Å²) in [5.74, 6) is -0.760. The minimum atomic E-state index is -0.489. The van der Waals surface area contributed by atoms with Crippen LogP contribution in [0.15, 0.2) is 23.2 Å². The van der Waals surface area contributed by atoms with Gasteiger partial charge in [0, 0.05) is 25.2 Å². The van der Waals surface area contributed by atoms with E-state index in [1.54, 1.807) is 6.92 Å². The van der Waals surface area contributed by atoms with Crippen molar-refractivity contribution in [2.24, 2.45) is 10.9 Å². The molecule has 0 spiro atoms. The van der Waals surface area contributed by atoms with Crippen LogP contribution in [0.4, 0.5) is 8.78 Å². The van der Waals surface area contributed by atoms with Crippen LogP contribution in [0.2, 0.25) is 0 Å². The van der Waals surface area contributed by atoms with Crippen molar-refractivity contribution >= 4 is 35.9 Å². The SMILES string of the molecule is CCNC(=NCc1cc(F)ccc1F)N1CCCC(C(=O)OCC)C1.I. The first-order chi connectivity index (χ1) is 12.0. The number of ether oxygens (including phenoxy) is 1. The van der Waals surface area contributed by atoms with Gasteiger partial charge >= 0.3 is 5.97 Å². The highest BCUT2D eigenvalue weighted by Gasteiger charge is 2.28. The van der Waals surface area contributed by atoms with Crippen molar-refractivity contribution in [1.29, 1.82) is 0 Å². The normalized spacial score (nSPS) is 17.5. The van der Waals surface area contributed by atoms with Gasteiger partial charge in [-0.1, -0.05) is 0 Å². The minimum absolute atomic E-state index is 0. The molecule has 1 saturated heterocycles. The molecule has 0 aliphatic carbocycles. The molecule has 0 amide bonds. The molecule has 1 N–H and O–H groups in total. The van der Waals surface area contributed by atoms with Gasteiger partial charge in [0.2, 0.25) is 0 Å². The molecule has 1 unspecified atom stereocenters. The van der Waals surface area contributed by atoms with E-state index in [0.717, 1.165) is 37.6 Å². The van der Waals surface area contributed by atoms with Gasteiger partial charge in [0.15, 0.2) is 5.96 Å². The van der Waals surface area contributed by atoms with Crippen LogP contribution < -0.4 is 5.32 Å². The fourth-order valence-electron chi connectivity index (χ4n) is 2.87. The first-order valence-electron chi connectivity index (χ1n) is 8.69. The van der Waals surface area contributed by atoms with E-state index in [1.165, 1.54) is 0 Å². The number of hydrogen-bond acceptors (Lipinski definition) is 3. The first kappa shape index (κ1) is 22.6. The Balaban J connectivity index is 0.00000338. The lowest BCUT2D eigenvalue weighted by atomic mass is 9.98. The van der Waals surface area contributed by atoms with Gasteiger partial charge in [-0.15, -0.1) is 24.0 Å². The van der Waals surface area contributed by atoms with Gasteiger partial charge in [0.1, 0.15) is 11.6 Å². The van der Waals surface area contributed by atoms with Crippen LogP contribution in [0, 0.1) is 17.6 Å². The summed E-state index contributed by atoms with van der Waals surface area (Å²) in [6.07, 6.45) is 1.63. The molecule has 0 radical (unpaired) electrons. The molecule has 1 aromatic rings. The van der Waals surface area contributed by atoms with E-state index in [-0.39, 0.29) is 48.0 Å². The summed E-state index contributed by atoms with van der Waals surface area (Å²) in [5.41, 5.74) is 0.203. The number of carbonyl (C=O) groups is 1. The second kappa shape index (κ2) is 11.3. The molecule has 1 aliphatic rings. The second-order valence-electron chi connectivity index (χ2n) is 5.94. The summed E-state index contributed by atoms with van der Waals surface area (Å²) < 4.78 is 32.2. The molecule has 1 atom stereocenters. The quantitative estimate of drug-likeness (QED) is 0.304. The lowest BCUT2D eigenvalue weighted by molar-refractivity contribution is -0.149.